The Balaban J connectivity index is 2.07. The fraction of sp³-hybridized carbons (Fsp3) is 0.381. The first kappa shape index (κ1) is 18.4. The molecule has 0 radical (unpaired) electrons. The van der Waals surface area contributed by atoms with Crippen molar-refractivity contribution in [2.45, 2.75) is 39.2 Å². The summed E-state index contributed by atoms with van der Waals surface area (Å²) in [6.45, 7) is 10.6. The Labute approximate surface area is 161 Å². The number of rotatable bonds is 4. The maximum atomic E-state index is 5.81. The molecule has 1 fully saturated rings. The standard InChI is InChI=1S/C21H26N2S2/c1-5-22-19(17-11-7-9-15(3)13-17)23(6-2)21(24)25-20(22)18-12-8-10-16(4)14-18/h7-14,19-20H,5-6H2,1-4H3. The van der Waals surface area contributed by atoms with Crippen LogP contribution in [0, 0.1) is 13.8 Å². The highest BCUT2D eigenvalue weighted by Gasteiger charge is 2.39. The average molecular weight is 371 g/mol. The van der Waals surface area contributed by atoms with Crippen LogP contribution in [0.5, 0.6) is 0 Å². The third-order valence-corrected chi connectivity index (χ3v) is 6.46. The largest absolute Gasteiger partial charge is 0.338 e. The molecular formula is C21H26N2S2. The van der Waals surface area contributed by atoms with Gasteiger partial charge in [0.2, 0.25) is 0 Å². The minimum Gasteiger partial charge on any atom is -0.338 e. The van der Waals surface area contributed by atoms with E-state index in [1.165, 1.54) is 22.3 Å². The van der Waals surface area contributed by atoms with Crippen LogP contribution in [0.25, 0.3) is 0 Å². The van der Waals surface area contributed by atoms with Crippen molar-refractivity contribution in [3.05, 3.63) is 70.8 Å². The molecule has 0 amide bonds. The molecule has 2 aromatic carbocycles. The van der Waals surface area contributed by atoms with E-state index >= 15 is 0 Å². The molecule has 0 aliphatic carbocycles. The highest BCUT2D eigenvalue weighted by atomic mass is 32.2. The van der Waals surface area contributed by atoms with Crippen molar-refractivity contribution in [1.29, 1.82) is 0 Å². The Bertz CT molecular complexity index is 759. The lowest BCUT2D eigenvalue weighted by Gasteiger charge is -2.48. The molecule has 1 heterocycles. The van der Waals surface area contributed by atoms with Gasteiger partial charge in [0.15, 0.2) is 0 Å². The number of hydrogen-bond donors (Lipinski definition) is 0. The highest BCUT2D eigenvalue weighted by Crippen LogP contribution is 2.46. The molecule has 2 aromatic rings. The van der Waals surface area contributed by atoms with Gasteiger partial charge in [-0.05, 0) is 38.4 Å². The van der Waals surface area contributed by atoms with E-state index in [1.807, 2.05) is 0 Å². The molecule has 2 atom stereocenters. The van der Waals surface area contributed by atoms with Crippen LogP contribution >= 0.6 is 24.0 Å². The molecule has 0 saturated carbocycles. The number of nitrogens with zero attached hydrogens (tertiary/aromatic N) is 2. The van der Waals surface area contributed by atoms with Gasteiger partial charge in [0.25, 0.3) is 0 Å². The fourth-order valence-electron chi connectivity index (χ4n) is 3.56. The maximum absolute atomic E-state index is 5.81. The zero-order chi connectivity index (χ0) is 18.0. The summed E-state index contributed by atoms with van der Waals surface area (Å²) < 4.78 is 0.991. The van der Waals surface area contributed by atoms with Gasteiger partial charge in [0, 0.05) is 6.54 Å². The zero-order valence-electron chi connectivity index (χ0n) is 15.4. The van der Waals surface area contributed by atoms with Gasteiger partial charge in [-0.3, -0.25) is 4.90 Å². The van der Waals surface area contributed by atoms with Crippen molar-refractivity contribution < 1.29 is 0 Å². The van der Waals surface area contributed by atoms with E-state index < -0.39 is 0 Å². The van der Waals surface area contributed by atoms with Crippen LogP contribution in [0.4, 0.5) is 0 Å². The minimum absolute atomic E-state index is 0.189. The van der Waals surface area contributed by atoms with Crippen molar-refractivity contribution in [1.82, 2.24) is 9.80 Å². The summed E-state index contributed by atoms with van der Waals surface area (Å²) in [5.74, 6) is 0. The Morgan fingerprint density at radius 1 is 0.920 bits per heavy atom. The van der Waals surface area contributed by atoms with Gasteiger partial charge in [0.05, 0.1) is 5.37 Å². The second-order valence-corrected chi connectivity index (χ2v) is 8.27. The molecule has 3 rings (SSSR count). The molecule has 2 nitrogen and oxygen atoms in total. The number of hydrogen-bond acceptors (Lipinski definition) is 3. The molecule has 4 heteroatoms. The van der Waals surface area contributed by atoms with Crippen LogP contribution in [0.2, 0.25) is 0 Å². The van der Waals surface area contributed by atoms with Gasteiger partial charge < -0.3 is 4.90 Å². The van der Waals surface area contributed by atoms with E-state index in [9.17, 15) is 0 Å². The van der Waals surface area contributed by atoms with Gasteiger partial charge in [-0.25, -0.2) is 0 Å². The summed E-state index contributed by atoms with van der Waals surface area (Å²) >= 11 is 7.61. The lowest BCUT2D eigenvalue weighted by molar-refractivity contribution is 0.0851. The van der Waals surface area contributed by atoms with Crippen LogP contribution in [-0.4, -0.2) is 27.2 Å². The quantitative estimate of drug-likeness (QED) is 0.639. The van der Waals surface area contributed by atoms with Gasteiger partial charge in [0.1, 0.15) is 10.5 Å². The Kier molecular flexibility index (Phi) is 5.82. The minimum atomic E-state index is 0.189. The van der Waals surface area contributed by atoms with E-state index in [2.05, 4.69) is 86.0 Å². The Morgan fingerprint density at radius 3 is 2.08 bits per heavy atom. The molecule has 132 valence electrons. The third-order valence-electron chi connectivity index (χ3n) is 4.73. The smallest absolute Gasteiger partial charge is 0.139 e. The third kappa shape index (κ3) is 3.76. The highest BCUT2D eigenvalue weighted by molar-refractivity contribution is 8.23. The van der Waals surface area contributed by atoms with Gasteiger partial charge in [-0.2, -0.15) is 0 Å². The van der Waals surface area contributed by atoms with Gasteiger partial charge in [-0.15, -0.1) is 0 Å². The van der Waals surface area contributed by atoms with E-state index in [-0.39, 0.29) is 11.5 Å². The summed E-state index contributed by atoms with van der Waals surface area (Å²) in [5.41, 5.74) is 5.25. The van der Waals surface area contributed by atoms with Crippen molar-refractivity contribution in [3.8, 4) is 0 Å². The lowest BCUT2D eigenvalue weighted by atomic mass is 10.1. The normalized spacial score (nSPS) is 21.6. The summed E-state index contributed by atoms with van der Waals surface area (Å²) in [5, 5.41) is 0.255. The predicted octanol–water partition coefficient (Wildman–Crippen LogP) is 5.68. The van der Waals surface area contributed by atoms with Crippen LogP contribution < -0.4 is 0 Å². The van der Waals surface area contributed by atoms with Crippen molar-refractivity contribution >= 4 is 28.3 Å². The molecule has 25 heavy (non-hydrogen) atoms. The van der Waals surface area contributed by atoms with E-state index in [0.29, 0.717) is 0 Å². The lowest BCUT2D eigenvalue weighted by Crippen LogP contribution is -2.48. The summed E-state index contributed by atoms with van der Waals surface area (Å²) in [4.78, 5) is 4.91. The van der Waals surface area contributed by atoms with Gasteiger partial charge in [-0.1, -0.05) is 90.6 Å². The molecule has 0 bridgehead atoms. The van der Waals surface area contributed by atoms with E-state index in [1.54, 1.807) is 11.8 Å². The zero-order valence-corrected chi connectivity index (χ0v) is 17.0. The summed E-state index contributed by atoms with van der Waals surface area (Å²) in [6, 6.07) is 17.7. The molecule has 0 spiro atoms. The Morgan fingerprint density at radius 2 is 1.52 bits per heavy atom. The number of thiocarbonyl (C=S) groups is 1. The molecule has 2 unspecified atom stereocenters. The summed E-state index contributed by atoms with van der Waals surface area (Å²) in [6.07, 6.45) is 0.189. The first-order valence-electron chi connectivity index (χ1n) is 8.91. The monoisotopic (exact) mass is 370 g/mol. The molecule has 1 aliphatic rings. The topological polar surface area (TPSA) is 6.48 Å². The first-order valence-corrected chi connectivity index (χ1v) is 10.2. The second-order valence-electron chi connectivity index (χ2n) is 6.55. The second kappa shape index (κ2) is 7.90. The SMILES string of the molecule is CCN1C(=S)SC(c2cccc(C)c2)N(CC)C1c1cccc(C)c1. The predicted molar refractivity (Wildman–Crippen MR) is 113 cm³/mol. The van der Waals surface area contributed by atoms with Crippen LogP contribution in [0.1, 0.15) is 47.6 Å². The van der Waals surface area contributed by atoms with Crippen LogP contribution in [-0.2, 0) is 0 Å². The van der Waals surface area contributed by atoms with Crippen molar-refractivity contribution in [2.24, 2.45) is 0 Å². The Hall–Kier alpha value is -1.36. The van der Waals surface area contributed by atoms with Gasteiger partial charge >= 0.3 is 0 Å². The van der Waals surface area contributed by atoms with E-state index in [4.69, 9.17) is 12.2 Å². The maximum Gasteiger partial charge on any atom is 0.139 e. The van der Waals surface area contributed by atoms with E-state index in [0.717, 1.165) is 17.4 Å². The van der Waals surface area contributed by atoms with Crippen molar-refractivity contribution in [3.63, 3.8) is 0 Å². The van der Waals surface area contributed by atoms with Crippen molar-refractivity contribution in [2.75, 3.05) is 13.1 Å². The van der Waals surface area contributed by atoms with Crippen LogP contribution in [0.15, 0.2) is 48.5 Å². The molecule has 0 N–H and O–H groups in total. The molecule has 0 aromatic heterocycles. The number of benzene rings is 2. The first-order chi connectivity index (χ1) is 12.0. The molecule has 1 aliphatic heterocycles. The average Bonchev–Trinajstić information content (AvgIpc) is 2.60. The summed E-state index contributed by atoms with van der Waals surface area (Å²) in [7, 11) is 0. The number of thioether (sulfide) groups is 1. The number of aryl methyl sites for hydroxylation is 2. The molecular weight excluding hydrogens is 344 g/mol. The van der Waals surface area contributed by atoms with Crippen LogP contribution in [0.3, 0.4) is 0 Å². The molecule has 1 saturated heterocycles. The fourth-order valence-corrected chi connectivity index (χ4v) is 5.30.